The first-order chi connectivity index (χ1) is 10.4. The van der Waals surface area contributed by atoms with Crippen molar-refractivity contribution in [2.24, 2.45) is 0 Å². The Kier molecular flexibility index (Phi) is 6.30. The van der Waals surface area contributed by atoms with Crippen LogP contribution in [0.4, 0.5) is 0 Å². The summed E-state index contributed by atoms with van der Waals surface area (Å²) < 4.78 is 4.67. The van der Waals surface area contributed by atoms with Gasteiger partial charge in [-0.15, -0.1) is 0 Å². The van der Waals surface area contributed by atoms with E-state index in [9.17, 15) is 19.2 Å². The van der Waals surface area contributed by atoms with Gasteiger partial charge in [0.1, 0.15) is 11.4 Å². The summed E-state index contributed by atoms with van der Waals surface area (Å²) in [5.74, 6) is -1.63. The molecule has 0 saturated carbocycles. The van der Waals surface area contributed by atoms with Crippen LogP contribution in [0, 0.1) is 0 Å². The van der Waals surface area contributed by atoms with Gasteiger partial charge in [-0.05, 0) is 19.1 Å². The maximum Gasteiger partial charge on any atom is 0.354 e. The van der Waals surface area contributed by atoms with E-state index in [0.29, 0.717) is 6.61 Å². The van der Waals surface area contributed by atoms with E-state index in [2.05, 4.69) is 14.7 Å². The highest BCUT2D eigenvalue weighted by molar-refractivity contribution is 5.87. The summed E-state index contributed by atoms with van der Waals surface area (Å²) in [6.07, 6.45) is 0. The molecule has 22 heavy (non-hydrogen) atoms. The highest BCUT2D eigenvalue weighted by Gasteiger charge is 2.05. The molecule has 2 rings (SSSR count). The third-order valence-corrected chi connectivity index (χ3v) is 2.26. The number of carbonyl (C=O) groups excluding carboxylic acids is 1. The van der Waals surface area contributed by atoms with Gasteiger partial charge in [-0.3, -0.25) is 9.59 Å². The standard InChI is InChI=1S/C8H9NO3.C6H5NO3/c1-2-12-8(11)6-4-3-5-7(10)9-6;8-5-3-1-2-4(7-5)6(9)10/h3-5H,2H2,1H3,(H,9,10);1-3H,(H,7,8)(H,9,10). The second-order valence-electron chi connectivity index (χ2n) is 3.88. The molecule has 0 radical (unpaired) electrons. The van der Waals surface area contributed by atoms with Crippen LogP contribution in [-0.2, 0) is 4.74 Å². The van der Waals surface area contributed by atoms with Crippen LogP contribution in [-0.4, -0.2) is 33.6 Å². The molecular formula is C14H14N2O6. The highest BCUT2D eigenvalue weighted by atomic mass is 16.5. The second kappa shape index (κ2) is 8.20. The third kappa shape index (κ3) is 5.45. The number of aromatic amines is 2. The lowest BCUT2D eigenvalue weighted by Gasteiger charge is -1.99. The Morgan fingerprint density at radius 2 is 1.50 bits per heavy atom. The van der Waals surface area contributed by atoms with Crippen molar-refractivity contribution in [3.63, 3.8) is 0 Å². The largest absolute Gasteiger partial charge is 0.477 e. The molecule has 0 spiro atoms. The minimum absolute atomic E-state index is 0.0903. The van der Waals surface area contributed by atoms with Crippen molar-refractivity contribution in [1.82, 2.24) is 9.97 Å². The Balaban J connectivity index is 0.000000224. The maximum atomic E-state index is 11.0. The molecule has 3 N–H and O–H groups in total. The Morgan fingerprint density at radius 3 is 1.91 bits per heavy atom. The summed E-state index contributed by atoms with van der Waals surface area (Å²) in [6, 6.07) is 8.31. The molecule has 0 unspecified atom stereocenters. The van der Waals surface area contributed by atoms with Crippen LogP contribution in [0.1, 0.15) is 27.9 Å². The van der Waals surface area contributed by atoms with Crippen molar-refractivity contribution >= 4 is 11.9 Å². The summed E-state index contributed by atoms with van der Waals surface area (Å²) in [7, 11) is 0. The lowest BCUT2D eigenvalue weighted by molar-refractivity contribution is 0.0518. The molecule has 0 bridgehead atoms. The van der Waals surface area contributed by atoms with E-state index in [4.69, 9.17) is 5.11 Å². The van der Waals surface area contributed by atoms with Gasteiger partial charge >= 0.3 is 11.9 Å². The molecule has 8 nitrogen and oxygen atoms in total. The number of ether oxygens (including phenoxy) is 1. The van der Waals surface area contributed by atoms with Crippen LogP contribution >= 0.6 is 0 Å². The molecule has 2 aromatic heterocycles. The molecular weight excluding hydrogens is 292 g/mol. The third-order valence-electron chi connectivity index (χ3n) is 2.26. The molecule has 2 aromatic rings. The van der Waals surface area contributed by atoms with E-state index in [1.165, 1.54) is 36.4 Å². The number of H-pyrrole nitrogens is 2. The van der Waals surface area contributed by atoms with Crippen LogP contribution in [0.2, 0.25) is 0 Å². The zero-order valence-corrected chi connectivity index (χ0v) is 11.7. The Morgan fingerprint density at radius 1 is 1.00 bits per heavy atom. The number of pyridine rings is 2. The van der Waals surface area contributed by atoms with Crippen LogP contribution in [0.15, 0.2) is 46.0 Å². The predicted molar refractivity (Wildman–Crippen MR) is 77.0 cm³/mol. The van der Waals surface area contributed by atoms with Gasteiger partial charge in [-0.1, -0.05) is 12.1 Å². The summed E-state index contributed by atoms with van der Waals surface area (Å²) >= 11 is 0. The molecule has 2 heterocycles. The molecule has 0 aliphatic carbocycles. The van der Waals surface area contributed by atoms with Crippen LogP contribution < -0.4 is 11.1 Å². The van der Waals surface area contributed by atoms with Crippen molar-refractivity contribution in [3.8, 4) is 0 Å². The van der Waals surface area contributed by atoms with Crippen molar-refractivity contribution < 1.29 is 19.4 Å². The predicted octanol–water partition coefficient (Wildman–Crippen LogP) is 0.625. The van der Waals surface area contributed by atoms with E-state index in [-0.39, 0.29) is 16.9 Å². The lowest BCUT2D eigenvalue weighted by atomic mass is 10.3. The van der Waals surface area contributed by atoms with Gasteiger partial charge in [0.2, 0.25) is 11.1 Å². The summed E-state index contributed by atoms with van der Waals surface area (Å²) in [5, 5.41) is 8.34. The molecule has 0 aromatic carbocycles. The Bertz CT molecular complexity index is 762. The number of nitrogens with one attached hydrogen (secondary N) is 2. The number of carbonyl (C=O) groups is 2. The van der Waals surface area contributed by atoms with Crippen LogP contribution in [0.3, 0.4) is 0 Å². The molecule has 0 fully saturated rings. The number of hydrogen-bond donors (Lipinski definition) is 3. The summed E-state index contributed by atoms with van der Waals surface area (Å²) in [5.41, 5.74) is -0.614. The Hall–Kier alpha value is -3.16. The van der Waals surface area contributed by atoms with Gasteiger partial charge in [0, 0.05) is 12.1 Å². The molecule has 0 aliphatic heterocycles. The fraction of sp³-hybridized carbons (Fsp3) is 0.143. The SMILES string of the molecule is CCOC(=O)c1cccc(=O)[nH]1.O=C(O)c1cccc(=O)[nH]1. The van der Waals surface area contributed by atoms with E-state index < -0.39 is 17.5 Å². The van der Waals surface area contributed by atoms with Gasteiger partial charge in [-0.2, -0.15) is 0 Å². The van der Waals surface area contributed by atoms with Crippen molar-refractivity contribution in [1.29, 1.82) is 0 Å². The van der Waals surface area contributed by atoms with Crippen molar-refractivity contribution in [2.45, 2.75) is 6.92 Å². The fourth-order valence-electron chi connectivity index (χ4n) is 1.35. The van der Waals surface area contributed by atoms with Crippen molar-refractivity contribution in [2.75, 3.05) is 6.61 Å². The molecule has 8 heteroatoms. The smallest absolute Gasteiger partial charge is 0.354 e. The number of esters is 1. The first kappa shape index (κ1) is 16.9. The van der Waals surface area contributed by atoms with Gasteiger partial charge in [-0.25, -0.2) is 9.59 Å². The molecule has 0 saturated heterocycles. The van der Waals surface area contributed by atoms with E-state index in [1.807, 2.05) is 0 Å². The average Bonchev–Trinajstić information content (AvgIpc) is 2.48. The number of carboxylic acid groups (broad SMARTS) is 1. The highest BCUT2D eigenvalue weighted by Crippen LogP contribution is 1.93. The first-order valence-corrected chi connectivity index (χ1v) is 6.23. The molecule has 116 valence electrons. The number of hydrogen-bond acceptors (Lipinski definition) is 5. The topological polar surface area (TPSA) is 129 Å². The first-order valence-electron chi connectivity index (χ1n) is 6.23. The van der Waals surface area contributed by atoms with Gasteiger partial charge < -0.3 is 19.8 Å². The van der Waals surface area contributed by atoms with Gasteiger partial charge in [0.05, 0.1) is 6.61 Å². The summed E-state index contributed by atoms with van der Waals surface area (Å²) in [6.45, 7) is 2.01. The van der Waals surface area contributed by atoms with Gasteiger partial charge in [0.15, 0.2) is 0 Å². The van der Waals surface area contributed by atoms with E-state index >= 15 is 0 Å². The second-order valence-corrected chi connectivity index (χ2v) is 3.88. The minimum atomic E-state index is -1.13. The summed E-state index contributed by atoms with van der Waals surface area (Å²) in [4.78, 5) is 46.9. The monoisotopic (exact) mass is 306 g/mol. The van der Waals surface area contributed by atoms with Crippen molar-refractivity contribution in [3.05, 3.63) is 68.5 Å². The minimum Gasteiger partial charge on any atom is -0.477 e. The molecule has 0 aliphatic rings. The number of aromatic nitrogens is 2. The fourth-order valence-corrected chi connectivity index (χ4v) is 1.35. The number of rotatable bonds is 3. The Labute approximate surface area is 124 Å². The van der Waals surface area contributed by atoms with Gasteiger partial charge in [0.25, 0.3) is 0 Å². The number of aromatic carboxylic acids is 1. The maximum absolute atomic E-state index is 11.0. The van der Waals surface area contributed by atoms with Crippen LogP contribution in [0.5, 0.6) is 0 Å². The van der Waals surface area contributed by atoms with E-state index in [1.54, 1.807) is 6.92 Å². The zero-order valence-electron chi connectivity index (χ0n) is 11.7. The molecule has 0 atom stereocenters. The normalized spacial score (nSPS) is 9.32. The number of carboxylic acids is 1. The zero-order chi connectivity index (χ0) is 16.5. The quantitative estimate of drug-likeness (QED) is 0.713. The lowest BCUT2D eigenvalue weighted by Crippen LogP contribution is -2.13. The average molecular weight is 306 g/mol. The van der Waals surface area contributed by atoms with E-state index in [0.717, 1.165) is 0 Å². The molecule has 0 amide bonds. The van der Waals surface area contributed by atoms with Crippen LogP contribution in [0.25, 0.3) is 0 Å².